The molecule has 3 heterocycles. The summed E-state index contributed by atoms with van der Waals surface area (Å²) in [6.45, 7) is 1.95. The van der Waals surface area contributed by atoms with Gasteiger partial charge in [-0.3, -0.25) is 9.58 Å². The van der Waals surface area contributed by atoms with Gasteiger partial charge in [0.1, 0.15) is 11.0 Å². The molecular formula is C16H22ClN5. The van der Waals surface area contributed by atoms with E-state index in [0.717, 1.165) is 42.5 Å². The highest BCUT2D eigenvalue weighted by Crippen LogP contribution is 2.34. The van der Waals surface area contributed by atoms with Crippen LogP contribution in [-0.4, -0.2) is 31.2 Å². The van der Waals surface area contributed by atoms with Gasteiger partial charge in [-0.25, -0.2) is 4.98 Å². The molecule has 0 spiro atoms. The zero-order valence-electron chi connectivity index (χ0n) is 13.0. The van der Waals surface area contributed by atoms with Gasteiger partial charge in [-0.2, -0.15) is 5.10 Å². The number of H-pyrrole nitrogens is 1. The van der Waals surface area contributed by atoms with Crippen LogP contribution in [-0.2, 0) is 26.4 Å². The Balaban J connectivity index is 1.55. The number of aromatic nitrogens is 4. The Labute approximate surface area is 135 Å². The summed E-state index contributed by atoms with van der Waals surface area (Å²) in [5.74, 6) is 1.16. The van der Waals surface area contributed by atoms with Gasteiger partial charge in [0.25, 0.3) is 0 Å². The second kappa shape index (κ2) is 5.70. The quantitative estimate of drug-likeness (QED) is 0.946. The smallest absolute Gasteiger partial charge is 0.131 e. The molecule has 1 fully saturated rings. The maximum atomic E-state index is 6.31. The minimum atomic E-state index is 0.391. The van der Waals surface area contributed by atoms with Gasteiger partial charge in [-0.15, -0.1) is 0 Å². The van der Waals surface area contributed by atoms with Crippen LogP contribution in [0.25, 0.3) is 0 Å². The number of hydrogen-bond acceptors (Lipinski definition) is 3. The number of rotatable bonds is 3. The van der Waals surface area contributed by atoms with Crippen LogP contribution in [0.1, 0.15) is 54.5 Å². The van der Waals surface area contributed by atoms with Crippen LogP contribution >= 0.6 is 11.6 Å². The van der Waals surface area contributed by atoms with Crippen molar-refractivity contribution in [3.05, 3.63) is 34.1 Å². The molecule has 1 aliphatic carbocycles. The summed E-state index contributed by atoms with van der Waals surface area (Å²) in [7, 11) is 1.88. The van der Waals surface area contributed by atoms with Crippen molar-refractivity contribution in [2.45, 2.75) is 51.1 Å². The fraction of sp³-hybridized carbons (Fsp3) is 0.625. The first-order chi connectivity index (χ1) is 10.7. The van der Waals surface area contributed by atoms with E-state index in [2.05, 4.69) is 15.0 Å². The topological polar surface area (TPSA) is 49.7 Å². The maximum Gasteiger partial charge on any atom is 0.131 e. The molecule has 2 aromatic heterocycles. The molecular weight excluding hydrogens is 298 g/mol. The highest BCUT2D eigenvalue weighted by Gasteiger charge is 2.30. The molecule has 22 heavy (non-hydrogen) atoms. The van der Waals surface area contributed by atoms with Crippen LogP contribution in [0.5, 0.6) is 0 Å². The third-order valence-corrected chi connectivity index (χ3v) is 5.45. The van der Waals surface area contributed by atoms with Crippen LogP contribution in [0.4, 0.5) is 0 Å². The number of nitrogens with one attached hydrogen (secondary N) is 1. The molecule has 0 bridgehead atoms. The summed E-state index contributed by atoms with van der Waals surface area (Å²) in [6, 6.07) is 0.391. The van der Waals surface area contributed by atoms with E-state index >= 15 is 0 Å². The Morgan fingerprint density at radius 1 is 1.32 bits per heavy atom. The molecule has 1 N–H and O–H groups in total. The summed E-state index contributed by atoms with van der Waals surface area (Å²) < 4.78 is 1.73. The van der Waals surface area contributed by atoms with Crippen LogP contribution in [0.3, 0.4) is 0 Å². The largest absolute Gasteiger partial charge is 0.344 e. The predicted molar refractivity (Wildman–Crippen MR) is 85.8 cm³/mol. The molecule has 4 rings (SSSR count). The first-order valence-electron chi connectivity index (χ1n) is 8.20. The SMILES string of the molecule is Cn1ncc(CN2CCCC2c2nc3c([nH]2)CCCC3)c1Cl. The lowest BCUT2D eigenvalue weighted by molar-refractivity contribution is 0.240. The maximum absolute atomic E-state index is 6.31. The number of nitrogens with zero attached hydrogens (tertiary/aromatic N) is 4. The molecule has 2 aromatic rings. The predicted octanol–water partition coefficient (Wildman–Crippen LogP) is 3.01. The zero-order valence-corrected chi connectivity index (χ0v) is 13.7. The molecule has 6 heteroatoms. The lowest BCUT2D eigenvalue weighted by Crippen LogP contribution is -2.23. The number of imidazole rings is 1. The minimum absolute atomic E-state index is 0.391. The first kappa shape index (κ1) is 14.3. The van der Waals surface area contributed by atoms with Gasteiger partial charge >= 0.3 is 0 Å². The Morgan fingerprint density at radius 2 is 2.18 bits per heavy atom. The Hall–Kier alpha value is -1.33. The van der Waals surface area contributed by atoms with Crippen molar-refractivity contribution < 1.29 is 0 Å². The molecule has 1 aliphatic heterocycles. The third-order valence-electron chi connectivity index (χ3n) is 4.96. The number of likely N-dealkylation sites (tertiary alicyclic amines) is 1. The number of aryl methyl sites for hydroxylation is 3. The van der Waals surface area contributed by atoms with Crippen molar-refractivity contribution in [2.24, 2.45) is 7.05 Å². The van der Waals surface area contributed by atoms with Crippen LogP contribution < -0.4 is 0 Å². The standard InChI is InChI=1S/C16H22ClN5/c1-21-15(17)11(9-18-21)10-22-8-4-7-14(22)16-19-12-5-2-3-6-13(12)20-16/h9,14H,2-8,10H2,1H3,(H,19,20). The zero-order chi connectivity index (χ0) is 15.1. The summed E-state index contributed by atoms with van der Waals surface area (Å²) in [5, 5.41) is 4.98. The molecule has 0 aromatic carbocycles. The number of hydrogen-bond donors (Lipinski definition) is 1. The van der Waals surface area contributed by atoms with Crippen molar-refractivity contribution in [3.8, 4) is 0 Å². The average Bonchev–Trinajstić information content (AvgIpc) is 3.22. The third kappa shape index (κ3) is 2.46. The van der Waals surface area contributed by atoms with Gasteiger partial charge in [0.15, 0.2) is 0 Å². The fourth-order valence-electron chi connectivity index (χ4n) is 3.75. The molecule has 1 unspecified atom stereocenters. The van der Waals surface area contributed by atoms with Gasteiger partial charge in [0, 0.05) is 24.8 Å². The number of fused-ring (bicyclic) bond motifs is 1. The van der Waals surface area contributed by atoms with E-state index in [0.29, 0.717) is 6.04 Å². The van der Waals surface area contributed by atoms with Crippen LogP contribution in [0, 0.1) is 0 Å². The molecule has 118 valence electrons. The number of halogens is 1. The van der Waals surface area contributed by atoms with E-state index < -0.39 is 0 Å². The van der Waals surface area contributed by atoms with Crippen molar-refractivity contribution in [1.82, 2.24) is 24.6 Å². The summed E-state index contributed by atoms with van der Waals surface area (Å²) in [6.07, 6.45) is 9.12. The molecule has 5 nitrogen and oxygen atoms in total. The van der Waals surface area contributed by atoms with Gasteiger partial charge in [0.05, 0.1) is 17.9 Å². The fourth-order valence-corrected chi connectivity index (χ4v) is 3.90. The van der Waals surface area contributed by atoms with E-state index in [1.165, 1.54) is 37.1 Å². The second-order valence-electron chi connectivity index (χ2n) is 6.47. The van der Waals surface area contributed by atoms with Gasteiger partial charge < -0.3 is 4.98 Å². The monoisotopic (exact) mass is 319 g/mol. The van der Waals surface area contributed by atoms with E-state index in [1.54, 1.807) is 4.68 Å². The average molecular weight is 320 g/mol. The Morgan fingerprint density at radius 3 is 2.95 bits per heavy atom. The van der Waals surface area contributed by atoms with Gasteiger partial charge in [0.2, 0.25) is 0 Å². The van der Waals surface area contributed by atoms with E-state index in [1.807, 2.05) is 13.2 Å². The lowest BCUT2D eigenvalue weighted by atomic mass is 10.0. The van der Waals surface area contributed by atoms with Gasteiger partial charge in [-0.05, 0) is 45.1 Å². The molecule has 0 saturated carbocycles. The van der Waals surface area contributed by atoms with Crippen molar-refractivity contribution in [3.63, 3.8) is 0 Å². The Kier molecular flexibility index (Phi) is 3.70. The molecule has 1 saturated heterocycles. The second-order valence-corrected chi connectivity index (χ2v) is 6.83. The molecule has 0 amide bonds. The number of aromatic amines is 1. The lowest BCUT2D eigenvalue weighted by Gasteiger charge is -2.22. The van der Waals surface area contributed by atoms with Gasteiger partial charge in [-0.1, -0.05) is 11.6 Å². The minimum Gasteiger partial charge on any atom is -0.344 e. The van der Waals surface area contributed by atoms with E-state index in [4.69, 9.17) is 16.6 Å². The molecule has 1 atom stereocenters. The summed E-state index contributed by atoms with van der Waals surface area (Å²) in [5.41, 5.74) is 3.77. The summed E-state index contributed by atoms with van der Waals surface area (Å²) in [4.78, 5) is 11.0. The highest BCUT2D eigenvalue weighted by molar-refractivity contribution is 6.30. The normalized spacial score (nSPS) is 22.2. The van der Waals surface area contributed by atoms with Crippen molar-refractivity contribution >= 4 is 11.6 Å². The Bertz CT molecular complexity index is 651. The van der Waals surface area contributed by atoms with Crippen molar-refractivity contribution in [1.29, 1.82) is 0 Å². The first-order valence-corrected chi connectivity index (χ1v) is 8.58. The van der Waals surface area contributed by atoms with E-state index in [-0.39, 0.29) is 0 Å². The molecule has 0 radical (unpaired) electrons. The van der Waals surface area contributed by atoms with Crippen LogP contribution in [0.15, 0.2) is 6.20 Å². The van der Waals surface area contributed by atoms with Crippen LogP contribution in [0.2, 0.25) is 5.15 Å². The summed E-state index contributed by atoms with van der Waals surface area (Å²) >= 11 is 6.31. The molecule has 2 aliphatic rings. The van der Waals surface area contributed by atoms with E-state index in [9.17, 15) is 0 Å². The highest BCUT2D eigenvalue weighted by atomic mass is 35.5. The van der Waals surface area contributed by atoms with Crippen molar-refractivity contribution in [2.75, 3.05) is 6.54 Å².